The summed E-state index contributed by atoms with van der Waals surface area (Å²) in [4.78, 5) is 0. The van der Waals surface area contributed by atoms with Crippen LogP contribution in [0.5, 0.6) is 0 Å². The van der Waals surface area contributed by atoms with Crippen LogP contribution in [0.25, 0.3) is 0 Å². The zero-order valence-corrected chi connectivity index (χ0v) is 9.61. The summed E-state index contributed by atoms with van der Waals surface area (Å²) in [5.74, 6) is 0.918. The Bertz CT molecular complexity index is 103. The third kappa shape index (κ3) is 5.62. The zero-order valence-electron chi connectivity index (χ0n) is 9.61. The molecule has 0 amide bonds. The molecular formula is C12H26. The predicted molar refractivity (Wildman–Crippen MR) is 57.4 cm³/mol. The number of rotatable bonds is 6. The van der Waals surface area contributed by atoms with Crippen molar-refractivity contribution in [2.45, 2.75) is 66.7 Å². The molecule has 0 nitrogen and oxygen atoms in total. The van der Waals surface area contributed by atoms with E-state index in [1.54, 1.807) is 0 Å². The summed E-state index contributed by atoms with van der Waals surface area (Å²) in [5, 5.41) is 0. The second-order valence-electron chi connectivity index (χ2n) is 4.97. The van der Waals surface area contributed by atoms with Crippen LogP contribution in [0.15, 0.2) is 0 Å². The van der Waals surface area contributed by atoms with Gasteiger partial charge in [0.1, 0.15) is 0 Å². The second-order valence-corrected chi connectivity index (χ2v) is 4.97. The third-order valence-corrected chi connectivity index (χ3v) is 2.94. The first kappa shape index (κ1) is 12.0. The normalized spacial score (nSPS) is 14.8. The lowest BCUT2D eigenvalue weighted by molar-refractivity contribution is 0.273. The molecule has 0 saturated heterocycles. The van der Waals surface area contributed by atoms with Gasteiger partial charge in [-0.3, -0.25) is 0 Å². The summed E-state index contributed by atoms with van der Waals surface area (Å²) in [7, 11) is 0. The zero-order chi connectivity index (χ0) is 9.61. The van der Waals surface area contributed by atoms with Crippen molar-refractivity contribution < 1.29 is 0 Å². The Morgan fingerprint density at radius 3 is 2.08 bits per heavy atom. The summed E-state index contributed by atoms with van der Waals surface area (Å²) in [6, 6.07) is 0. The summed E-state index contributed by atoms with van der Waals surface area (Å²) in [5.41, 5.74) is 0.582. The van der Waals surface area contributed by atoms with Crippen LogP contribution >= 0.6 is 0 Å². The lowest BCUT2D eigenvalue weighted by atomic mass is 9.81. The minimum atomic E-state index is 0.582. The number of hydrogen-bond donors (Lipinski definition) is 0. The van der Waals surface area contributed by atoms with Gasteiger partial charge in [0, 0.05) is 0 Å². The van der Waals surface area contributed by atoms with Crippen LogP contribution in [0.3, 0.4) is 0 Å². The summed E-state index contributed by atoms with van der Waals surface area (Å²) >= 11 is 0. The highest BCUT2D eigenvalue weighted by atomic mass is 14.2. The van der Waals surface area contributed by atoms with Crippen molar-refractivity contribution in [2.24, 2.45) is 11.3 Å². The van der Waals surface area contributed by atoms with Crippen LogP contribution < -0.4 is 0 Å². The van der Waals surface area contributed by atoms with E-state index in [1.165, 1.54) is 32.1 Å². The maximum atomic E-state index is 2.40. The topological polar surface area (TPSA) is 0 Å². The van der Waals surface area contributed by atoms with E-state index in [0.29, 0.717) is 5.41 Å². The van der Waals surface area contributed by atoms with Gasteiger partial charge in [-0.25, -0.2) is 0 Å². The van der Waals surface area contributed by atoms with E-state index < -0.39 is 0 Å². The Kier molecular flexibility index (Phi) is 5.61. The van der Waals surface area contributed by atoms with E-state index in [1.807, 2.05) is 0 Å². The largest absolute Gasteiger partial charge is 0.0654 e. The van der Waals surface area contributed by atoms with E-state index in [2.05, 4.69) is 34.6 Å². The van der Waals surface area contributed by atoms with Crippen molar-refractivity contribution in [3.8, 4) is 0 Å². The fourth-order valence-corrected chi connectivity index (χ4v) is 1.64. The molecule has 1 atom stereocenters. The first-order chi connectivity index (χ1) is 5.52. The molecule has 0 fully saturated rings. The van der Waals surface area contributed by atoms with E-state index in [9.17, 15) is 0 Å². The molecule has 0 N–H and O–H groups in total. The minimum absolute atomic E-state index is 0.582. The predicted octanol–water partition coefficient (Wildman–Crippen LogP) is 4.64. The van der Waals surface area contributed by atoms with E-state index >= 15 is 0 Å². The molecule has 0 heteroatoms. The van der Waals surface area contributed by atoms with Gasteiger partial charge in [-0.1, -0.05) is 53.9 Å². The molecule has 0 radical (unpaired) electrons. The van der Waals surface area contributed by atoms with Crippen LogP contribution in [-0.4, -0.2) is 0 Å². The van der Waals surface area contributed by atoms with Crippen molar-refractivity contribution in [2.75, 3.05) is 0 Å². The van der Waals surface area contributed by atoms with Gasteiger partial charge in [-0.05, 0) is 24.2 Å². The van der Waals surface area contributed by atoms with Gasteiger partial charge in [-0.2, -0.15) is 0 Å². The molecule has 0 aliphatic rings. The van der Waals surface area contributed by atoms with E-state index in [0.717, 1.165) is 5.92 Å². The molecule has 1 unspecified atom stereocenters. The van der Waals surface area contributed by atoms with E-state index in [-0.39, 0.29) is 0 Å². The third-order valence-electron chi connectivity index (χ3n) is 2.94. The maximum absolute atomic E-state index is 2.40. The highest BCUT2D eigenvalue weighted by molar-refractivity contribution is 4.68. The highest BCUT2D eigenvalue weighted by Crippen LogP contribution is 2.30. The first-order valence-electron chi connectivity index (χ1n) is 5.52. The molecule has 0 rings (SSSR count). The Hall–Kier alpha value is 0. The smallest absolute Gasteiger partial charge is 0.0354 e. The lowest BCUT2D eigenvalue weighted by Crippen LogP contribution is -2.12. The maximum Gasteiger partial charge on any atom is -0.0354 e. The van der Waals surface area contributed by atoms with Crippen molar-refractivity contribution >= 4 is 0 Å². The molecule has 0 aromatic carbocycles. The summed E-state index contributed by atoms with van der Waals surface area (Å²) in [6.45, 7) is 11.7. The van der Waals surface area contributed by atoms with Crippen molar-refractivity contribution in [3.63, 3.8) is 0 Å². The van der Waals surface area contributed by atoms with Gasteiger partial charge in [-0.15, -0.1) is 0 Å². The molecule has 0 spiro atoms. The molecule has 12 heavy (non-hydrogen) atoms. The van der Waals surface area contributed by atoms with Gasteiger partial charge in [0.2, 0.25) is 0 Å². The molecule has 0 heterocycles. The molecule has 0 aliphatic heterocycles. The standard InChI is InChI=1S/C12H26/c1-6-9-12(4,5)10-8-11(3)7-2/h11H,6-10H2,1-5H3. The second kappa shape index (κ2) is 5.61. The quantitative estimate of drug-likeness (QED) is 0.545. The average molecular weight is 170 g/mol. The molecule has 0 saturated carbocycles. The highest BCUT2D eigenvalue weighted by Gasteiger charge is 2.16. The van der Waals surface area contributed by atoms with Crippen LogP contribution in [0.2, 0.25) is 0 Å². The van der Waals surface area contributed by atoms with Crippen LogP contribution in [0, 0.1) is 11.3 Å². The van der Waals surface area contributed by atoms with Gasteiger partial charge < -0.3 is 0 Å². The fourth-order valence-electron chi connectivity index (χ4n) is 1.64. The van der Waals surface area contributed by atoms with Crippen LogP contribution in [0.4, 0.5) is 0 Å². The van der Waals surface area contributed by atoms with Crippen molar-refractivity contribution in [1.29, 1.82) is 0 Å². The Morgan fingerprint density at radius 2 is 1.67 bits per heavy atom. The van der Waals surface area contributed by atoms with Crippen LogP contribution in [0.1, 0.15) is 66.7 Å². The lowest BCUT2D eigenvalue weighted by Gasteiger charge is -2.25. The SMILES string of the molecule is CCCC(C)(C)CCC(C)CC. The van der Waals surface area contributed by atoms with Gasteiger partial charge in [0.15, 0.2) is 0 Å². The Balaban J connectivity index is 3.59. The van der Waals surface area contributed by atoms with Gasteiger partial charge in [0.05, 0.1) is 0 Å². The monoisotopic (exact) mass is 170 g/mol. The molecule has 0 aliphatic carbocycles. The molecule has 0 bridgehead atoms. The molecule has 0 aromatic heterocycles. The van der Waals surface area contributed by atoms with Crippen LogP contribution in [-0.2, 0) is 0 Å². The van der Waals surface area contributed by atoms with Crippen molar-refractivity contribution in [1.82, 2.24) is 0 Å². The fraction of sp³-hybridized carbons (Fsp3) is 1.00. The van der Waals surface area contributed by atoms with Crippen molar-refractivity contribution in [3.05, 3.63) is 0 Å². The average Bonchev–Trinajstić information content (AvgIpc) is 2.00. The Labute approximate surface area is 78.8 Å². The Morgan fingerprint density at radius 1 is 1.08 bits per heavy atom. The van der Waals surface area contributed by atoms with E-state index in [4.69, 9.17) is 0 Å². The molecule has 74 valence electrons. The van der Waals surface area contributed by atoms with Gasteiger partial charge in [0.25, 0.3) is 0 Å². The summed E-state index contributed by atoms with van der Waals surface area (Å²) < 4.78 is 0. The van der Waals surface area contributed by atoms with Gasteiger partial charge >= 0.3 is 0 Å². The number of hydrogen-bond acceptors (Lipinski definition) is 0. The first-order valence-corrected chi connectivity index (χ1v) is 5.52. The molecule has 0 aromatic rings. The molecular weight excluding hydrogens is 144 g/mol. The summed E-state index contributed by atoms with van der Waals surface area (Å²) in [6.07, 6.45) is 6.85. The minimum Gasteiger partial charge on any atom is -0.0654 e.